The van der Waals surface area contributed by atoms with Crippen LogP contribution in [0.3, 0.4) is 0 Å². The second kappa shape index (κ2) is 10.5. The Morgan fingerprint density at radius 1 is 0.677 bits per heavy atom. The molecule has 2 rings (SSSR count). The van der Waals surface area contributed by atoms with Gasteiger partial charge in [-0.1, -0.05) is 24.3 Å². The van der Waals surface area contributed by atoms with Crippen molar-refractivity contribution < 1.29 is 37.0 Å². The summed E-state index contributed by atoms with van der Waals surface area (Å²) in [6.07, 6.45) is -1.92. The standard InChI is InChI=1S/C20H24N2O8S/c1-27-15-9-5-13(6-10-15)17(21-19(23)29-3)31(25,26)18(22-20(24)30-4)14-7-11-16(28-2)12-8-14/h5-12,17-18H,1-4H3,(H,21,23)(H,22,24). The van der Waals surface area contributed by atoms with E-state index in [2.05, 4.69) is 20.1 Å². The van der Waals surface area contributed by atoms with Crippen molar-refractivity contribution >= 4 is 22.0 Å². The van der Waals surface area contributed by atoms with Gasteiger partial charge in [-0.05, 0) is 35.4 Å². The molecule has 11 heteroatoms. The smallest absolute Gasteiger partial charge is 0.408 e. The van der Waals surface area contributed by atoms with E-state index in [0.717, 1.165) is 14.2 Å². The van der Waals surface area contributed by atoms with Crippen LogP contribution in [0.5, 0.6) is 11.5 Å². The number of amides is 2. The third-order valence-corrected chi connectivity index (χ3v) is 6.46. The maximum absolute atomic E-state index is 13.6. The number of methoxy groups -OCH3 is 4. The first kappa shape index (κ1) is 23.8. The van der Waals surface area contributed by atoms with E-state index < -0.39 is 32.8 Å². The Bertz CT molecular complexity index is 915. The third kappa shape index (κ3) is 5.79. The Balaban J connectivity index is 2.57. The van der Waals surface area contributed by atoms with Gasteiger partial charge in [-0.25, -0.2) is 18.0 Å². The molecule has 2 N–H and O–H groups in total. The van der Waals surface area contributed by atoms with Gasteiger partial charge < -0.3 is 29.6 Å². The van der Waals surface area contributed by atoms with Crippen LogP contribution in [0.4, 0.5) is 9.59 Å². The Morgan fingerprint density at radius 3 is 1.26 bits per heavy atom. The highest BCUT2D eigenvalue weighted by atomic mass is 32.2. The molecule has 0 bridgehead atoms. The summed E-state index contributed by atoms with van der Waals surface area (Å²) in [5.41, 5.74) is 0.466. The zero-order chi connectivity index (χ0) is 23.0. The molecule has 2 atom stereocenters. The molecule has 0 saturated carbocycles. The fourth-order valence-corrected chi connectivity index (χ4v) is 4.60. The second-order valence-electron chi connectivity index (χ2n) is 6.17. The van der Waals surface area contributed by atoms with Crippen LogP contribution in [-0.4, -0.2) is 49.0 Å². The van der Waals surface area contributed by atoms with E-state index in [1.807, 2.05) is 0 Å². The maximum Gasteiger partial charge on any atom is 0.408 e. The predicted octanol–water partition coefficient (Wildman–Crippen LogP) is 2.53. The number of ether oxygens (including phenoxy) is 4. The van der Waals surface area contributed by atoms with Crippen LogP contribution >= 0.6 is 0 Å². The summed E-state index contributed by atoms with van der Waals surface area (Å²) in [5, 5.41) is 1.54. The van der Waals surface area contributed by atoms with Crippen molar-refractivity contribution in [3.05, 3.63) is 59.7 Å². The van der Waals surface area contributed by atoms with Gasteiger partial charge in [-0.3, -0.25) is 0 Å². The van der Waals surface area contributed by atoms with Gasteiger partial charge >= 0.3 is 12.2 Å². The molecule has 0 fully saturated rings. The van der Waals surface area contributed by atoms with Crippen molar-refractivity contribution in [2.45, 2.75) is 10.7 Å². The van der Waals surface area contributed by atoms with Crippen LogP contribution in [0.1, 0.15) is 21.9 Å². The van der Waals surface area contributed by atoms with Gasteiger partial charge in [0.1, 0.15) is 11.5 Å². The van der Waals surface area contributed by atoms with E-state index in [0.29, 0.717) is 11.5 Å². The van der Waals surface area contributed by atoms with Crippen LogP contribution in [0.25, 0.3) is 0 Å². The lowest BCUT2D eigenvalue weighted by Gasteiger charge is -2.26. The Kier molecular flexibility index (Phi) is 8.08. The van der Waals surface area contributed by atoms with Crippen molar-refractivity contribution in [2.24, 2.45) is 0 Å². The maximum atomic E-state index is 13.6. The highest BCUT2D eigenvalue weighted by Crippen LogP contribution is 2.33. The molecule has 0 aliphatic carbocycles. The van der Waals surface area contributed by atoms with Crippen molar-refractivity contribution in [1.82, 2.24) is 10.6 Å². The largest absolute Gasteiger partial charge is 0.497 e. The summed E-state index contributed by atoms with van der Waals surface area (Å²) < 4.78 is 46.7. The summed E-state index contributed by atoms with van der Waals surface area (Å²) >= 11 is 0. The zero-order valence-electron chi connectivity index (χ0n) is 17.4. The minimum Gasteiger partial charge on any atom is -0.497 e. The quantitative estimate of drug-likeness (QED) is 0.625. The Morgan fingerprint density at radius 2 is 1.00 bits per heavy atom. The molecule has 0 radical (unpaired) electrons. The van der Waals surface area contributed by atoms with Crippen LogP contribution in [0.15, 0.2) is 48.5 Å². The Hall–Kier alpha value is -3.47. The number of nitrogens with one attached hydrogen (secondary N) is 2. The van der Waals surface area contributed by atoms with Gasteiger partial charge in [0.15, 0.2) is 10.7 Å². The number of sulfone groups is 1. The number of alkyl carbamates (subject to hydrolysis) is 2. The average molecular weight is 452 g/mol. The minimum atomic E-state index is -4.32. The number of benzene rings is 2. The summed E-state index contributed by atoms with van der Waals surface area (Å²) in [4.78, 5) is 23.9. The van der Waals surface area contributed by atoms with Crippen molar-refractivity contribution in [3.8, 4) is 11.5 Å². The first-order valence-electron chi connectivity index (χ1n) is 8.96. The Labute approximate surface area is 180 Å². The summed E-state index contributed by atoms with van der Waals surface area (Å²) in [5.74, 6) is 0.995. The van der Waals surface area contributed by atoms with E-state index in [1.165, 1.54) is 38.5 Å². The molecule has 0 aliphatic heterocycles. The lowest BCUT2D eigenvalue weighted by molar-refractivity contribution is 0.169. The topological polar surface area (TPSA) is 129 Å². The average Bonchev–Trinajstić information content (AvgIpc) is 2.80. The molecule has 168 valence electrons. The van der Waals surface area contributed by atoms with E-state index in [1.54, 1.807) is 24.3 Å². The summed E-state index contributed by atoms with van der Waals surface area (Å²) in [6.45, 7) is 0. The van der Waals surface area contributed by atoms with Gasteiger partial charge in [0.05, 0.1) is 28.4 Å². The molecule has 10 nitrogen and oxygen atoms in total. The van der Waals surface area contributed by atoms with Crippen LogP contribution < -0.4 is 20.1 Å². The number of carbonyl (C=O) groups excluding carboxylic acids is 2. The molecule has 0 spiro atoms. The lowest BCUT2D eigenvalue weighted by atomic mass is 10.2. The number of hydrogen-bond donors (Lipinski definition) is 2. The van der Waals surface area contributed by atoms with Crippen LogP contribution in [0, 0.1) is 0 Å². The van der Waals surface area contributed by atoms with E-state index >= 15 is 0 Å². The molecule has 0 saturated heterocycles. The molecule has 31 heavy (non-hydrogen) atoms. The number of rotatable bonds is 8. The van der Waals surface area contributed by atoms with E-state index in [9.17, 15) is 18.0 Å². The van der Waals surface area contributed by atoms with Crippen molar-refractivity contribution in [1.29, 1.82) is 0 Å². The first-order valence-corrected chi connectivity index (χ1v) is 10.6. The van der Waals surface area contributed by atoms with Crippen molar-refractivity contribution in [2.75, 3.05) is 28.4 Å². The van der Waals surface area contributed by atoms with Crippen molar-refractivity contribution in [3.63, 3.8) is 0 Å². The van der Waals surface area contributed by atoms with Gasteiger partial charge in [0.25, 0.3) is 0 Å². The SMILES string of the molecule is COC(=O)NC(c1ccc(OC)cc1)S(=O)(=O)C(NC(=O)OC)c1ccc(OC)cc1. The molecule has 0 aromatic heterocycles. The molecule has 0 aliphatic rings. The highest BCUT2D eigenvalue weighted by molar-refractivity contribution is 7.91. The molecule has 2 amide bonds. The fourth-order valence-electron chi connectivity index (χ4n) is 2.74. The monoisotopic (exact) mass is 452 g/mol. The number of hydrogen-bond acceptors (Lipinski definition) is 8. The molecule has 2 aromatic rings. The normalized spacial score (nSPS) is 12.8. The molecule has 0 heterocycles. The third-order valence-electron chi connectivity index (χ3n) is 4.36. The molecular weight excluding hydrogens is 428 g/mol. The fraction of sp³-hybridized carbons (Fsp3) is 0.300. The second-order valence-corrected chi connectivity index (χ2v) is 8.29. The molecule has 2 unspecified atom stereocenters. The molecular formula is C20H24N2O8S. The summed E-state index contributed by atoms with van der Waals surface area (Å²) in [6, 6.07) is 12.1. The van der Waals surface area contributed by atoms with Gasteiger partial charge in [0.2, 0.25) is 9.84 Å². The molecule has 2 aromatic carbocycles. The minimum absolute atomic E-state index is 0.233. The van der Waals surface area contributed by atoms with Crippen LogP contribution in [-0.2, 0) is 19.3 Å². The van der Waals surface area contributed by atoms with E-state index in [4.69, 9.17) is 9.47 Å². The summed E-state index contributed by atoms with van der Waals surface area (Å²) in [7, 11) is 0.836. The number of carbonyl (C=O) groups is 2. The van der Waals surface area contributed by atoms with Gasteiger partial charge in [0, 0.05) is 0 Å². The van der Waals surface area contributed by atoms with Crippen LogP contribution in [0.2, 0.25) is 0 Å². The lowest BCUT2D eigenvalue weighted by Crippen LogP contribution is -2.41. The van der Waals surface area contributed by atoms with E-state index in [-0.39, 0.29) is 11.1 Å². The first-order chi connectivity index (χ1) is 14.8. The van der Waals surface area contributed by atoms with Gasteiger partial charge in [-0.2, -0.15) is 0 Å². The highest BCUT2D eigenvalue weighted by Gasteiger charge is 2.39. The predicted molar refractivity (Wildman–Crippen MR) is 111 cm³/mol. The zero-order valence-corrected chi connectivity index (χ0v) is 18.3. The van der Waals surface area contributed by atoms with Gasteiger partial charge in [-0.15, -0.1) is 0 Å².